The number of hydrogen-bond donors (Lipinski definition) is 1. The molecule has 1 atom stereocenters. The molecule has 1 saturated heterocycles. The minimum atomic E-state index is 0.243. The standard InChI is InChI=1S/C15H23BrN2/c1-5-15(4)10-18(7-6-17-15)13-8-11(2)14(16)12(3)9-13/h8-9,17H,5-7,10H2,1-4H3. The molecule has 0 spiro atoms. The summed E-state index contributed by atoms with van der Waals surface area (Å²) in [5.41, 5.74) is 4.24. The fourth-order valence-corrected chi connectivity index (χ4v) is 2.84. The van der Waals surface area contributed by atoms with E-state index in [2.05, 4.69) is 66.0 Å². The molecule has 2 rings (SSSR count). The van der Waals surface area contributed by atoms with Gasteiger partial charge >= 0.3 is 0 Å². The second kappa shape index (κ2) is 5.22. The smallest absolute Gasteiger partial charge is 0.0373 e. The van der Waals surface area contributed by atoms with E-state index in [0.29, 0.717) is 0 Å². The van der Waals surface area contributed by atoms with E-state index in [-0.39, 0.29) is 5.54 Å². The van der Waals surface area contributed by atoms with Crippen LogP contribution in [-0.2, 0) is 0 Å². The van der Waals surface area contributed by atoms with Gasteiger partial charge in [-0.05, 0) is 50.5 Å². The monoisotopic (exact) mass is 310 g/mol. The first-order valence-corrected chi connectivity index (χ1v) is 7.51. The Morgan fingerprint density at radius 2 is 1.94 bits per heavy atom. The molecule has 1 fully saturated rings. The summed E-state index contributed by atoms with van der Waals surface area (Å²) in [5.74, 6) is 0. The molecule has 0 amide bonds. The van der Waals surface area contributed by atoms with E-state index in [1.165, 1.54) is 21.3 Å². The lowest BCUT2D eigenvalue weighted by Crippen LogP contribution is -2.58. The summed E-state index contributed by atoms with van der Waals surface area (Å²) in [6.07, 6.45) is 1.16. The number of nitrogens with zero attached hydrogens (tertiary/aromatic N) is 1. The zero-order chi connectivity index (χ0) is 13.3. The number of nitrogens with one attached hydrogen (secondary N) is 1. The van der Waals surface area contributed by atoms with Gasteiger partial charge in [0.05, 0.1) is 0 Å². The van der Waals surface area contributed by atoms with Gasteiger partial charge in [-0.15, -0.1) is 0 Å². The van der Waals surface area contributed by atoms with Crippen LogP contribution in [0.3, 0.4) is 0 Å². The van der Waals surface area contributed by atoms with Gasteiger partial charge in [-0.2, -0.15) is 0 Å². The van der Waals surface area contributed by atoms with E-state index in [4.69, 9.17) is 0 Å². The number of aryl methyl sites for hydroxylation is 2. The van der Waals surface area contributed by atoms with Crippen LogP contribution in [0.25, 0.3) is 0 Å². The van der Waals surface area contributed by atoms with Crippen LogP contribution in [0.2, 0.25) is 0 Å². The van der Waals surface area contributed by atoms with Crippen molar-refractivity contribution in [3.05, 3.63) is 27.7 Å². The fraction of sp³-hybridized carbons (Fsp3) is 0.600. The number of rotatable bonds is 2. The van der Waals surface area contributed by atoms with Crippen LogP contribution in [-0.4, -0.2) is 25.2 Å². The highest BCUT2D eigenvalue weighted by molar-refractivity contribution is 9.10. The van der Waals surface area contributed by atoms with Gasteiger partial charge < -0.3 is 10.2 Å². The molecule has 0 saturated carbocycles. The van der Waals surface area contributed by atoms with Crippen molar-refractivity contribution in [1.29, 1.82) is 0 Å². The molecular weight excluding hydrogens is 288 g/mol. The van der Waals surface area contributed by atoms with Crippen molar-refractivity contribution in [2.75, 3.05) is 24.5 Å². The van der Waals surface area contributed by atoms with Gasteiger partial charge in [0.2, 0.25) is 0 Å². The van der Waals surface area contributed by atoms with Crippen molar-refractivity contribution >= 4 is 21.6 Å². The van der Waals surface area contributed by atoms with Gasteiger partial charge in [0.15, 0.2) is 0 Å². The van der Waals surface area contributed by atoms with Crippen molar-refractivity contribution in [2.24, 2.45) is 0 Å². The average Bonchev–Trinajstić information content (AvgIpc) is 2.35. The first-order valence-electron chi connectivity index (χ1n) is 6.72. The van der Waals surface area contributed by atoms with Crippen molar-refractivity contribution < 1.29 is 0 Å². The maximum atomic E-state index is 3.64. The highest BCUT2D eigenvalue weighted by atomic mass is 79.9. The van der Waals surface area contributed by atoms with Gasteiger partial charge in [0, 0.05) is 35.3 Å². The molecule has 1 aromatic carbocycles. The lowest BCUT2D eigenvalue weighted by Gasteiger charge is -2.42. The highest BCUT2D eigenvalue weighted by Crippen LogP contribution is 2.29. The van der Waals surface area contributed by atoms with E-state index >= 15 is 0 Å². The van der Waals surface area contributed by atoms with Crippen molar-refractivity contribution in [3.63, 3.8) is 0 Å². The van der Waals surface area contributed by atoms with Crippen molar-refractivity contribution in [3.8, 4) is 0 Å². The molecule has 1 aliphatic rings. The van der Waals surface area contributed by atoms with E-state index < -0.39 is 0 Å². The van der Waals surface area contributed by atoms with Gasteiger partial charge in [-0.25, -0.2) is 0 Å². The van der Waals surface area contributed by atoms with Crippen LogP contribution in [0.15, 0.2) is 16.6 Å². The lowest BCUT2D eigenvalue weighted by atomic mass is 9.95. The predicted molar refractivity (Wildman–Crippen MR) is 82.5 cm³/mol. The third kappa shape index (κ3) is 2.72. The first kappa shape index (κ1) is 13.9. The Bertz CT molecular complexity index is 421. The summed E-state index contributed by atoms with van der Waals surface area (Å²) < 4.78 is 1.24. The molecule has 0 bridgehead atoms. The van der Waals surface area contributed by atoms with Crippen LogP contribution >= 0.6 is 15.9 Å². The molecule has 0 aromatic heterocycles. The number of benzene rings is 1. The summed E-state index contributed by atoms with van der Waals surface area (Å²) in [4.78, 5) is 2.51. The molecule has 18 heavy (non-hydrogen) atoms. The van der Waals surface area contributed by atoms with E-state index in [1.54, 1.807) is 0 Å². The largest absolute Gasteiger partial charge is 0.368 e. The second-order valence-corrected chi connectivity index (χ2v) is 6.45. The summed E-state index contributed by atoms with van der Waals surface area (Å²) in [5, 5.41) is 3.63. The van der Waals surface area contributed by atoms with Gasteiger partial charge in [0.1, 0.15) is 0 Å². The Labute approximate surface area is 119 Å². The Morgan fingerprint density at radius 3 is 2.50 bits per heavy atom. The molecule has 1 aliphatic heterocycles. The van der Waals surface area contributed by atoms with Gasteiger partial charge in [-0.3, -0.25) is 0 Å². The molecule has 1 N–H and O–H groups in total. The normalized spacial score (nSPS) is 24.4. The number of halogens is 1. The van der Waals surface area contributed by atoms with E-state index in [9.17, 15) is 0 Å². The quantitative estimate of drug-likeness (QED) is 0.897. The minimum Gasteiger partial charge on any atom is -0.368 e. The highest BCUT2D eigenvalue weighted by Gasteiger charge is 2.28. The second-order valence-electron chi connectivity index (χ2n) is 5.66. The van der Waals surface area contributed by atoms with Crippen LogP contribution in [0.4, 0.5) is 5.69 Å². The number of hydrogen-bond acceptors (Lipinski definition) is 2. The zero-order valence-corrected chi connectivity index (χ0v) is 13.4. The minimum absolute atomic E-state index is 0.243. The Hall–Kier alpha value is -0.540. The number of piperazine rings is 1. The maximum absolute atomic E-state index is 3.64. The summed E-state index contributed by atoms with van der Waals surface area (Å²) in [6.45, 7) is 12.2. The van der Waals surface area contributed by atoms with Crippen LogP contribution in [0.1, 0.15) is 31.4 Å². The van der Waals surface area contributed by atoms with Crippen LogP contribution in [0.5, 0.6) is 0 Å². The topological polar surface area (TPSA) is 15.3 Å². The molecule has 100 valence electrons. The maximum Gasteiger partial charge on any atom is 0.0373 e. The molecule has 2 nitrogen and oxygen atoms in total. The Balaban J connectivity index is 2.26. The van der Waals surface area contributed by atoms with Crippen LogP contribution in [0, 0.1) is 13.8 Å². The lowest BCUT2D eigenvalue weighted by molar-refractivity contribution is 0.314. The Morgan fingerprint density at radius 1 is 1.33 bits per heavy atom. The molecule has 3 heteroatoms. The SMILES string of the molecule is CCC1(C)CN(c2cc(C)c(Br)c(C)c2)CCN1. The molecule has 1 unspecified atom stereocenters. The molecule has 0 radical (unpaired) electrons. The first-order chi connectivity index (χ1) is 8.45. The summed E-state index contributed by atoms with van der Waals surface area (Å²) in [7, 11) is 0. The van der Waals surface area contributed by atoms with Gasteiger partial charge in [0.25, 0.3) is 0 Å². The van der Waals surface area contributed by atoms with Crippen molar-refractivity contribution in [1.82, 2.24) is 5.32 Å². The summed E-state index contributed by atoms with van der Waals surface area (Å²) in [6, 6.07) is 4.58. The average molecular weight is 311 g/mol. The molecule has 1 heterocycles. The van der Waals surface area contributed by atoms with Crippen molar-refractivity contribution in [2.45, 2.75) is 39.7 Å². The Kier molecular flexibility index (Phi) is 4.02. The molecule has 1 aromatic rings. The zero-order valence-electron chi connectivity index (χ0n) is 11.8. The predicted octanol–water partition coefficient (Wildman–Crippen LogP) is 3.64. The van der Waals surface area contributed by atoms with E-state index in [0.717, 1.165) is 26.1 Å². The van der Waals surface area contributed by atoms with Gasteiger partial charge in [-0.1, -0.05) is 22.9 Å². The number of anilines is 1. The molecule has 0 aliphatic carbocycles. The van der Waals surface area contributed by atoms with E-state index in [1.807, 2.05) is 0 Å². The third-order valence-corrected chi connectivity index (χ3v) is 5.29. The summed E-state index contributed by atoms with van der Waals surface area (Å²) >= 11 is 3.64. The molecular formula is C15H23BrN2. The fourth-order valence-electron chi connectivity index (χ4n) is 2.61. The van der Waals surface area contributed by atoms with Crippen LogP contribution < -0.4 is 10.2 Å². The third-order valence-electron chi connectivity index (χ3n) is 4.04.